The van der Waals surface area contributed by atoms with E-state index in [1.165, 1.54) is 53.1 Å². The lowest BCUT2D eigenvalue weighted by Gasteiger charge is -2.36. The average molecular weight is 1130 g/mol. The Morgan fingerprint density at radius 1 is 0.386 bits per heavy atom. The molecular weight excluding hydrogens is 1070 g/mol. The van der Waals surface area contributed by atoms with E-state index in [-0.39, 0.29) is 17.9 Å². The van der Waals surface area contributed by atoms with Crippen molar-refractivity contribution < 1.29 is 75.3 Å². The van der Waals surface area contributed by atoms with Crippen molar-refractivity contribution in [3.63, 3.8) is 0 Å². The number of benzene rings is 6. The van der Waals surface area contributed by atoms with Crippen LogP contribution < -0.4 is 56.3 Å². The van der Waals surface area contributed by atoms with Crippen LogP contribution in [0.1, 0.15) is 58.2 Å². The summed E-state index contributed by atoms with van der Waals surface area (Å²) in [6.45, 7) is 17.8. The molecule has 83 heavy (non-hydrogen) atoms. The first kappa shape index (κ1) is 58.3. The predicted octanol–water partition coefficient (Wildman–Crippen LogP) is 10.3. The van der Waals surface area contributed by atoms with Crippen LogP contribution >= 0.6 is 7.82 Å². The summed E-state index contributed by atoms with van der Waals surface area (Å²) < 4.78 is 48.4. The van der Waals surface area contributed by atoms with E-state index < -0.39 is 7.82 Å². The molecule has 0 N–H and O–H groups in total. The fourth-order valence-corrected chi connectivity index (χ4v) is 10.7. The molecule has 0 saturated carbocycles. The predicted molar refractivity (Wildman–Crippen MR) is 313 cm³/mol. The van der Waals surface area contributed by atoms with Gasteiger partial charge in [0.25, 0.3) is 0 Å². The summed E-state index contributed by atoms with van der Waals surface area (Å²) in [5.41, 5.74) is 6.85. The van der Waals surface area contributed by atoms with Gasteiger partial charge in [-0.15, -0.1) is 0 Å². The third-order valence-corrected chi connectivity index (χ3v) is 13.9. The Hall–Kier alpha value is -9.31. The van der Waals surface area contributed by atoms with Crippen LogP contribution in [0.4, 0.5) is 0 Å². The van der Waals surface area contributed by atoms with Gasteiger partial charge in [0.05, 0.1) is 52.1 Å². The zero-order valence-corrected chi connectivity index (χ0v) is 48.2. The number of aryl methyl sites for hydroxylation is 3. The number of phosphoric acid groups is 1. The lowest BCUT2D eigenvalue weighted by atomic mass is 10.0. The number of carbonyl (C=O) groups excluding carboxylic acids is 3. The van der Waals surface area contributed by atoms with Gasteiger partial charge in [-0.25, -0.2) is 0 Å². The maximum atomic E-state index is 11.7. The Balaban J connectivity index is 0.000000144. The molecule has 0 aliphatic heterocycles. The van der Waals surface area contributed by atoms with Crippen LogP contribution in [0.2, 0.25) is 0 Å². The Morgan fingerprint density at radius 2 is 0.639 bits per heavy atom. The first-order valence-electron chi connectivity index (χ1n) is 26.8. The van der Waals surface area contributed by atoms with Crippen molar-refractivity contribution in [3.8, 4) is 34.5 Å². The van der Waals surface area contributed by atoms with Crippen LogP contribution in [0.15, 0.2) is 165 Å². The number of nitrogens with zero attached hydrogens (tertiary/aromatic N) is 3. The van der Waals surface area contributed by atoms with Crippen LogP contribution in [-0.4, -0.2) is 37.7 Å². The molecule has 0 radical (unpaired) electrons. The fraction of sp³-hybridized carbons (Fsp3) is 0.182. The van der Waals surface area contributed by atoms with Crippen LogP contribution in [0, 0.1) is 20.8 Å². The molecule has 0 fully saturated rings. The number of aromatic nitrogens is 3. The largest absolute Gasteiger partial charge is 0.822 e. The van der Waals surface area contributed by atoms with Gasteiger partial charge in [0.2, 0.25) is 16.6 Å². The zero-order valence-electron chi connectivity index (χ0n) is 47.3. The van der Waals surface area contributed by atoms with Crippen molar-refractivity contribution in [1.29, 1.82) is 0 Å². The normalized spacial score (nSPS) is 11.2. The molecule has 17 heteroatoms. The first-order valence-corrected chi connectivity index (χ1v) is 28.3. The van der Waals surface area contributed by atoms with Gasteiger partial charge in [-0.05, 0) is 112 Å². The van der Waals surface area contributed by atoms with E-state index in [0.717, 1.165) is 65.6 Å². The molecular formula is C66H60N3O13P. The SMILES string of the molecule is CCOc1ccc2c(C)c3c4ccccc4cc[n+]3cc2c1OC(C)=O.CCOc1ccc2c(C)c3c4ccccc4cc[n+]3cc2c1OC(C)=O.CCOc1ccc2c(C)c3c4ccccc4cc[n+]3cc2c1OC(C)=O.O=P([O-])([O-])[O-]. The van der Waals surface area contributed by atoms with E-state index in [1.54, 1.807) is 0 Å². The van der Waals surface area contributed by atoms with Gasteiger partial charge in [-0.1, -0.05) is 54.6 Å². The van der Waals surface area contributed by atoms with E-state index in [9.17, 15) is 14.4 Å². The summed E-state index contributed by atoms with van der Waals surface area (Å²) >= 11 is 0. The van der Waals surface area contributed by atoms with Crippen molar-refractivity contribution >= 4 is 107 Å². The van der Waals surface area contributed by atoms with Gasteiger partial charge in [-0.3, -0.25) is 14.4 Å². The van der Waals surface area contributed by atoms with E-state index in [2.05, 4.69) is 107 Å². The molecule has 0 unspecified atom stereocenters. The molecule has 0 atom stereocenters. The summed E-state index contributed by atoms with van der Waals surface area (Å²) in [5, 5.41) is 12.9. The molecule has 0 saturated heterocycles. The highest BCUT2D eigenvalue weighted by Crippen LogP contribution is 2.41. The summed E-state index contributed by atoms with van der Waals surface area (Å²) in [7, 11) is -5.39. The Bertz CT molecular complexity index is 4130. The highest BCUT2D eigenvalue weighted by Gasteiger charge is 2.24. The molecule has 422 valence electrons. The molecule has 12 aromatic rings. The molecule has 0 bridgehead atoms. The van der Waals surface area contributed by atoms with E-state index in [0.29, 0.717) is 54.3 Å². The van der Waals surface area contributed by atoms with E-state index in [1.807, 2.05) is 113 Å². The Morgan fingerprint density at radius 3 is 0.880 bits per heavy atom. The van der Waals surface area contributed by atoms with Gasteiger partial charge in [0.1, 0.15) is 0 Å². The number of rotatable bonds is 9. The van der Waals surface area contributed by atoms with Gasteiger partial charge in [0.15, 0.2) is 71.7 Å². The second-order valence-corrected chi connectivity index (χ2v) is 20.2. The first-order chi connectivity index (χ1) is 39.8. The number of ether oxygens (including phenoxy) is 6. The quantitative estimate of drug-likeness (QED) is 0.0330. The summed E-state index contributed by atoms with van der Waals surface area (Å²) in [4.78, 5) is 60.6. The Kier molecular flexibility index (Phi) is 17.4. The smallest absolute Gasteiger partial charge is 0.308 e. The number of pyridine rings is 6. The molecule has 12 rings (SSSR count). The molecule has 0 amide bonds. The minimum atomic E-state index is -5.39. The number of carbonyl (C=O) groups is 3. The van der Waals surface area contributed by atoms with Crippen molar-refractivity contribution in [2.45, 2.75) is 62.3 Å². The van der Waals surface area contributed by atoms with Gasteiger partial charge in [0, 0.05) is 71.8 Å². The van der Waals surface area contributed by atoms with Gasteiger partial charge >= 0.3 is 17.9 Å². The molecule has 6 aromatic heterocycles. The Labute approximate surface area is 478 Å². The fourth-order valence-electron chi connectivity index (χ4n) is 10.7. The third-order valence-electron chi connectivity index (χ3n) is 13.9. The van der Waals surface area contributed by atoms with E-state index >= 15 is 0 Å². The number of fused-ring (bicyclic) bond motifs is 12. The minimum absolute atomic E-state index is 0.361. The van der Waals surface area contributed by atoms with Crippen molar-refractivity contribution in [1.82, 2.24) is 0 Å². The van der Waals surface area contributed by atoms with Crippen molar-refractivity contribution in [3.05, 3.63) is 181 Å². The molecule has 0 aliphatic carbocycles. The van der Waals surface area contributed by atoms with Crippen LogP contribution in [0.25, 0.3) is 81.2 Å². The van der Waals surface area contributed by atoms with Crippen molar-refractivity contribution in [2.75, 3.05) is 19.8 Å². The zero-order chi connectivity index (χ0) is 59.3. The number of hydrogen-bond donors (Lipinski definition) is 0. The van der Waals surface area contributed by atoms with Crippen molar-refractivity contribution in [2.24, 2.45) is 0 Å². The molecule has 0 aliphatic rings. The second-order valence-electron chi connectivity index (χ2n) is 19.3. The summed E-state index contributed by atoms with van der Waals surface area (Å²) in [6.07, 6.45) is 12.1. The lowest BCUT2D eigenvalue weighted by Crippen LogP contribution is -2.24. The van der Waals surface area contributed by atoms with Crippen LogP contribution in [0.3, 0.4) is 0 Å². The third kappa shape index (κ3) is 12.5. The van der Waals surface area contributed by atoms with Gasteiger partial charge < -0.3 is 47.7 Å². The maximum absolute atomic E-state index is 11.7. The molecule has 6 aromatic carbocycles. The standard InChI is InChI=1S/3C22H20NO3.H3O4P/c3*1-4-25-20-10-9-17-14(2)21-18-8-6-5-7-16(18)11-12-23(21)13-19(17)22(20)26-15(3)24;1-5(2,3)4/h3*5-13H,4H2,1-3H3;(H3,1,2,3,4)/q3*+1;/p-3. The summed E-state index contributed by atoms with van der Waals surface area (Å²) in [6, 6.07) is 43.0. The summed E-state index contributed by atoms with van der Waals surface area (Å²) in [5.74, 6) is 2.08. The highest BCUT2D eigenvalue weighted by atomic mass is 31.2. The number of esters is 3. The second kappa shape index (κ2) is 24.8. The highest BCUT2D eigenvalue weighted by molar-refractivity contribution is 7.40. The minimum Gasteiger partial charge on any atom is -0.822 e. The van der Waals surface area contributed by atoms with Crippen LogP contribution in [-0.2, 0) is 18.9 Å². The lowest BCUT2D eigenvalue weighted by molar-refractivity contribution is -0.509. The molecule has 0 spiro atoms. The topological polar surface area (TPSA) is 205 Å². The van der Waals surface area contributed by atoms with Crippen LogP contribution in [0.5, 0.6) is 34.5 Å². The number of hydrogen-bond acceptors (Lipinski definition) is 13. The average Bonchev–Trinajstić information content (AvgIpc) is 2.78. The maximum Gasteiger partial charge on any atom is 0.308 e. The van der Waals surface area contributed by atoms with Gasteiger partial charge in [-0.2, -0.15) is 21.0 Å². The monoisotopic (exact) mass is 1130 g/mol. The van der Waals surface area contributed by atoms with E-state index in [4.69, 9.17) is 47.7 Å². The molecule has 16 nitrogen and oxygen atoms in total. The molecule has 6 heterocycles.